The first-order valence-corrected chi connectivity index (χ1v) is 7.03. The van der Waals surface area contributed by atoms with Crippen LogP contribution in [0.25, 0.3) is 0 Å². The summed E-state index contributed by atoms with van der Waals surface area (Å²) in [4.78, 5) is 0. The number of halogens is 1. The molecule has 0 amide bonds. The van der Waals surface area contributed by atoms with Crippen LogP contribution in [0.3, 0.4) is 0 Å². The molecule has 5 heteroatoms. The van der Waals surface area contributed by atoms with Gasteiger partial charge < -0.3 is 19.3 Å². The zero-order valence-corrected chi connectivity index (χ0v) is 13.4. The van der Waals surface area contributed by atoms with Gasteiger partial charge in [-0.15, -0.1) is 0 Å². The summed E-state index contributed by atoms with van der Waals surface area (Å²) in [6.45, 7) is 0.368. The largest absolute Gasteiger partial charge is 0.508 e. The van der Waals surface area contributed by atoms with Gasteiger partial charge in [0.2, 0.25) is 0 Å². The van der Waals surface area contributed by atoms with Gasteiger partial charge in [-0.25, -0.2) is 0 Å². The number of rotatable bonds is 5. The SMILES string of the molecule is COc1cc(COc2cc(O)cc(I)c2)cc(OC)c1. The van der Waals surface area contributed by atoms with Gasteiger partial charge in [-0.2, -0.15) is 0 Å². The second-order valence-corrected chi connectivity index (χ2v) is 5.40. The van der Waals surface area contributed by atoms with Crippen LogP contribution < -0.4 is 14.2 Å². The highest BCUT2D eigenvalue weighted by Gasteiger charge is 2.04. The van der Waals surface area contributed by atoms with Gasteiger partial charge >= 0.3 is 0 Å². The van der Waals surface area contributed by atoms with E-state index < -0.39 is 0 Å². The number of methoxy groups -OCH3 is 2. The lowest BCUT2D eigenvalue weighted by molar-refractivity contribution is 0.302. The highest BCUT2D eigenvalue weighted by Crippen LogP contribution is 2.26. The molecule has 1 N–H and O–H groups in total. The third kappa shape index (κ3) is 3.93. The molecule has 0 saturated carbocycles. The zero-order chi connectivity index (χ0) is 14.5. The van der Waals surface area contributed by atoms with Gasteiger partial charge in [0.1, 0.15) is 29.6 Å². The number of hydrogen-bond acceptors (Lipinski definition) is 4. The summed E-state index contributed by atoms with van der Waals surface area (Å²) >= 11 is 2.13. The third-order valence-electron chi connectivity index (χ3n) is 2.67. The molecule has 2 aromatic carbocycles. The quantitative estimate of drug-likeness (QED) is 0.798. The molecule has 20 heavy (non-hydrogen) atoms. The van der Waals surface area contributed by atoms with Gasteiger partial charge in [0.25, 0.3) is 0 Å². The molecule has 2 aromatic rings. The molecule has 0 unspecified atom stereocenters. The molecule has 0 spiro atoms. The number of aromatic hydroxyl groups is 1. The molecule has 106 valence electrons. The molecule has 0 radical (unpaired) electrons. The Morgan fingerprint density at radius 1 is 0.900 bits per heavy atom. The Morgan fingerprint density at radius 2 is 1.55 bits per heavy atom. The van der Waals surface area contributed by atoms with E-state index in [-0.39, 0.29) is 5.75 Å². The summed E-state index contributed by atoms with van der Waals surface area (Å²) < 4.78 is 17.0. The molecule has 4 nitrogen and oxygen atoms in total. The number of phenolic OH excluding ortho intramolecular Hbond substituents is 1. The molecule has 0 aliphatic rings. The molecular weight excluding hydrogens is 371 g/mol. The first-order chi connectivity index (χ1) is 9.60. The van der Waals surface area contributed by atoms with E-state index in [0.717, 1.165) is 9.13 Å². The molecule has 0 saturated heterocycles. The van der Waals surface area contributed by atoms with Crippen LogP contribution in [0.1, 0.15) is 5.56 Å². The highest BCUT2D eigenvalue weighted by molar-refractivity contribution is 14.1. The van der Waals surface area contributed by atoms with Gasteiger partial charge in [-0.3, -0.25) is 0 Å². The second-order valence-electron chi connectivity index (χ2n) is 4.15. The average Bonchev–Trinajstić information content (AvgIpc) is 2.43. The standard InChI is InChI=1S/C15H15IO4/c1-18-13-3-10(4-14(8-13)19-2)9-20-15-6-11(16)5-12(17)7-15/h3-8,17H,9H2,1-2H3. The summed E-state index contributed by atoms with van der Waals surface area (Å²) in [5.41, 5.74) is 0.930. The van der Waals surface area contributed by atoms with E-state index in [4.69, 9.17) is 14.2 Å². The van der Waals surface area contributed by atoms with E-state index in [2.05, 4.69) is 22.6 Å². The van der Waals surface area contributed by atoms with Crippen molar-refractivity contribution < 1.29 is 19.3 Å². The van der Waals surface area contributed by atoms with Crippen molar-refractivity contribution in [3.8, 4) is 23.0 Å². The highest BCUT2D eigenvalue weighted by atomic mass is 127. The Labute approximate surface area is 131 Å². The molecule has 0 atom stereocenters. The predicted molar refractivity (Wildman–Crippen MR) is 84.7 cm³/mol. The van der Waals surface area contributed by atoms with Gasteiger partial charge in [0.05, 0.1) is 14.2 Å². The van der Waals surface area contributed by atoms with Crippen LogP contribution in [0.15, 0.2) is 36.4 Å². The van der Waals surface area contributed by atoms with Crippen molar-refractivity contribution in [2.24, 2.45) is 0 Å². The first-order valence-electron chi connectivity index (χ1n) is 5.95. The molecule has 0 bridgehead atoms. The molecule has 0 aliphatic heterocycles. The lowest BCUT2D eigenvalue weighted by Gasteiger charge is -2.10. The van der Waals surface area contributed by atoms with Crippen LogP contribution in [-0.2, 0) is 6.61 Å². The first kappa shape index (κ1) is 14.8. The molecule has 2 rings (SSSR count). The summed E-state index contributed by atoms with van der Waals surface area (Å²) in [5, 5.41) is 9.53. The minimum atomic E-state index is 0.190. The normalized spacial score (nSPS) is 10.2. The fraction of sp³-hybridized carbons (Fsp3) is 0.200. The minimum absolute atomic E-state index is 0.190. The molecule has 0 heterocycles. The summed E-state index contributed by atoms with van der Waals surface area (Å²) in [5.74, 6) is 2.24. The van der Waals surface area contributed by atoms with Gasteiger partial charge in [0, 0.05) is 15.7 Å². The summed E-state index contributed by atoms with van der Waals surface area (Å²) in [7, 11) is 3.22. The Kier molecular flexibility index (Phi) is 4.94. The van der Waals surface area contributed by atoms with E-state index in [1.165, 1.54) is 0 Å². The topological polar surface area (TPSA) is 47.9 Å². The van der Waals surface area contributed by atoms with Crippen molar-refractivity contribution in [2.75, 3.05) is 14.2 Å². The fourth-order valence-corrected chi connectivity index (χ4v) is 2.37. The van der Waals surface area contributed by atoms with E-state index in [0.29, 0.717) is 23.9 Å². The number of phenols is 1. The van der Waals surface area contributed by atoms with Crippen LogP contribution >= 0.6 is 22.6 Å². The van der Waals surface area contributed by atoms with Crippen molar-refractivity contribution >= 4 is 22.6 Å². The van der Waals surface area contributed by atoms with Gasteiger partial charge in [-0.05, 0) is 52.4 Å². The van der Waals surface area contributed by atoms with Crippen LogP contribution in [0.2, 0.25) is 0 Å². The average molecular weight is 386 g/mol. The third-order valence-corrected chi connectivity index (χ3v) is 3.30. The van der Waals surface area contributed by atoms with E-state index in [9.17, 15) is 5.11 Å². The van der Waals surface area contributed by atoms with Crippen LogP contribution in [-0.4, -0.2) is 19.3 Å². The Hall–Kier alpha value is -1.63. The van der Waals surface area contributed by atoms with Gasteiger partial charge in [-0.1, -0.05) is 0 Å². The molecule has 0 aliphatic carbocycles. The number of hydrogen-bond donors (Lipinski definition) is 1. The lowest BCUT2D eigenvalue weighted by Crippen LogP contribution is -1.97. The second kappa shape index (κ2) is 6.69. The van der Waals surface area contributed by atoms with Crippen molar-refractivity contribution in [2.45, 2.75) is 6.61 Å². The van der Waals surface area contributed by atoms with Crippen LogP contribution in [0.4, 0.5) is 0 Å². The van der Waals surface area contributed by atoms with Crippen LogP contribution in [0, 0.1) is 3.57 Å². The van der Waals surface area contributed by atoms with Crippen molar-refractivity contribution in [1.29, 1.82) is 0 Å². The predicted octanol–water partition coefficient (Wildman–Crippen LogP) is 3.59. The lowest BCUT2D eigenvalue weighted by atomic mass is 10.2. The summed E-state index contributed by atoms with van der Waals surface area (Å²) in [6, 6.07) is 10.7. The van der Waals surface area contributed by atoms with Crippen molar-refractivity contribution in [3.63, 3.8) is 0 Å². The maximum atomic E-state index is 9.53. The van der Waals surface area contributed by atoms with E-state index in [1.807, 2.05) is 18.2 Å². The Balaban J connectivity index is 2.13. The smallest absolute Gasteiger partial charge is 0.124 e. The maximum absolute atomic E-state index is 9.53. The van der Waals surface area contributed by atoms with E-state index in [1.54, 1.807) is 32.4 Å². The van der Waals surface area contributed by atoms with Crippen molar-refractivity contribution in [3.05, 3.63) is 45.5 Å². The van der Waals surface area contributed by atoms with Gasteiger partial charge in [0.15, 0.2) is 0 Å². The maximum Gasteiger partial charge on any atom is 0.124 e. The van der Waals surface area contributed by atoms with Crippen LogP contribution in [0.5, 0.6) is 23.0 Å². The zero-order valence-electron chi connectivity index (χ0n) is 11.2. The Bertz CT molecular complexity index is 556. The van der Waals surface area contributed by atoms with Crippen molar-refractivity contribution in [1.82, 2.24) is 0 Å². The van der Waals surface area contributed by atoms with E-state index >= 15 is 0 Å². The Morgan fingerprint density at radius 3 is 2.10 bits per heavy atom. The fourth-order valence-electron chi connectivity index (χ4n) is 1.75. The molecule has 0 fully saturated rings. The molecular formula is C15H15IO4. The minimum Gasteiger partial charge on any atom is -0.508 e. The molecule has 0 aromatic heterocycles. The monoisotopic (exact) mass is 386 g/mol. The number of ether oxygens (including phenoxy) is 3. The number of benzene rings is 2. The summed E-state index contributed by atoms with van der Waals surface area (Å²) in [6.07, 6.45) is 0.